The third kappa shape index (κ3) is 1.82. The highest BCUT2D eigenvalue weighted by atomic mass is 32.2. The molecular weight excluding hydrogens is 278 g/mol. The minimum atomic E-state index is -3.76. The summed E-state index contributed by atoms with van der Waals surface area (Å²) < 4.78 is 27.8. The van der Waals surface area contributed by atoms with E-state index in [0.717, 1.165) is 0 Å². The Balaban J connectivity index is 2.35. The van der Waals surface area contributed by atoms with Gasteiger partial charge in [-0.1, -0.05) is 13.8 Å². The first-order valence-corrected chi connectivity index (χ1v) is 7.62. The van der Waals surface area contributed by atoms with Crippen LogP contribution < -0.4 is 4.72 Å². The fraction of sp³-hybridized carbons (Fsp3) is 0.231. The van der Waals surface area contributed by atoms with Crippen molar-refractivity contribution in [3.8, 4) is 5.69 Å². The second-order valence-corrected chi connectivity index (χ2v) is 6.62. The van der Waals surface area contributed by atoms with Crippen LogP contribution in [-0.4, -0.2) is 23.9 Å². The normalized spacial score (nSPS) is 16.2. The molecule has 20 heavy (non-hydrogen) atoms. The molecule has 1 amide bonds. The van der Waals surface area contributed by atoms with Crippen LogP contribution in [0.25, 0.3) is 5.69 Å². The summed E-state index contributed by atoms with van der Waals surface area (Å²) >= 11 is 0. The second-order valence-electron chi connectivity index (χ2n) is 4.97. The van der Waals surface area contributed by atoms with E-state index in [4.69, 9.17) is 0 Å². The number of nitrogens with zero attached hydrogens (tertiary/aromatic N) is 2. The lowest BCUT2D eigenvalue weighted by atomic mass is 9.96. The molecular formula is C13H13N3O3S. The van der Waals surface area contributed by atoms with Crippen LogP contribution >= 0.6 is 0 Å². The van der Waals surface area contributed by atoms with E-state index < -0.39 is 15.9 Å². The van der Waals surface area contributed by atoms with E-state index in [1.807, 2.05) is 24.6 Å². The van der Waals surface area contributed by atoms with Crippen molar-refractivity contribution < 1.29 is 13.2 Å². The van der Waals surface area contributed by atoms with Crippen LogP contribution in [0.1, 0.15) is 35.7 Å². The number of aromatic nitrogens is 2. The van der Waals surface area contributed by atoms with Crippen molar-refractivity contribution in [3.63, 3.8) is 0 Å². The molecule has 1 aliphatic heterocycles. The summed E-state index contributed by atoms with van der Waals surface area (Å²) in [6.07, 6.45) is 4.92. The lowest BCUT2D eigenvalue weighted by molar-refractivity contribution is 0.0984. The smallest absolute Gasteiger partial charge is 0.266 e. The molecule has 0 fully saturated rings. The largest absolute Gasteiger partial charge is 0.306 e. The summed E-state index contributed by atoms with van der Waals surface area (Å²) in [5, 5.41) is 0. The quantitative estimate of drug-likeness (QED) is 0.907. The second kappa shape index (κ2) is 4.17. The minimum absolute atomic E-state index is 0.0336. The molecule has 0 saturated carbocycles. The van der Waals surface area contributed by atoms with Crippen molar-refractivity contribution in [2.24, 2.45) is 0 Å². The Labute approximate surface area is 116 Å². The van der Waals surface area contributed by atoms with Crippen LogP contribution in [-0.2, 0) is 10.0 Å². The molecule has 6 nitrogen and oxygen atoms in total. The Kier molecular flexibility index (Phi) is 2.68. The van der Waals surface area contributed by atoms with Gasteiger partial charge in [-0.2, -0.15) is 0 Å². The van der Waals surface area contributed by atoms with E-state index in [1.54, 1.807) is 23.3 Å². The number of benzene rings is 1. The molecule has 0 atom stereocenters. The molecule has 1 N–H and O–H groups in total. The van der Waals surface area contributed by atoms with Crippen molar-refractivity contribution in [2.75, 3.05) is 0 Å². The molecule has 0 unspecified atom stereocenters. The highest BCUT2D eigenvalue weighted by Gasteiger charge is 2.35. The van der Waals surface area contributed by atoms with Gasteiger partial charge in [-0.05, 0) is 23.6 Å². The summed E-state index contributed by atoms with van der Waals surface area (Å²) in [6.45, 7) is 3.84. The topological polar surface area (TPSA) is 81.1 Å². The third-order valence-electron chi connectivity index (χ3n) is 3.29. The Hall–Kier alpha value is -2.15. The lowest BCUT2D eigenvalue weighted by Gasteiger charge is -2.12. The molecule has 7 heteroatoms. The number of hydrogen-bond donors (Lipinski definition) is 1. The number of sulfonamides is 1. The summed E-state index contributed by atoms with van der Waals surface area (Å²) in [7, 11) is -3.76. The zero-order valence-electron chi connectivity index (χ0n) is 11.0. The van der Waals surface area contributed by atoms with E-state index >= 15 is 0 Å². The number of fused-ring (bicyclic) bond motifs is 1. The van der Waals surface area contributed by atoms with Crippen LogP contribution in [0.4, 0.5) is 0 Å². The maximum atomic E-state index is 12.0. The molecule has 0 radical (unpaired) electrons. The van der Waals surface area contributed by atoms with Gasteiger partial charge in [0.2, 0.25) is 0 Å². The SMILES string of the molecule is CC(C)c1cc(-n2ccnc2)cc2c1C(=O)NS2(=O)=O. The summed E-state index contributed by atoms with van der Waals surface area (Å²) in [6, 6.07) is 3.32. The van der Waals surface area contributed by atoms with Crippen molar-refractivity contribution in [3.05, 3.63) is 42.0 Å². The maximum Gasteiger partial charge on any atom is 0.266 e. The van der Waals surface area contributed by atoms with Gasteiger partial charge in [-0.3, -0.25) is 4.79 Å². The van der Waals surface area contributed by atoms with Crippen LogP contribution in [0.2, 0.25) is 0 Å². The average molecular weight is 291 g/mol. The summed E-state index contributed by atoms with van der Waals surface area (Å²) in [4.78, 5) is 15.9. The van der Waals surface area contributed by atoms with E-state index in [2.05, 4.69) is 4.98 Å². The molecule has 104 valence electrons. The van der Waals surface area contributed by atoms with Gasteiger partial charge < -0.3 is 4.57 Å². The van der Waals surface area contributed by atoms with E-state index in [0.29, 0.717) is 11.3 Å². The van der Waals surface area contributed by atoms with Crippen LogP contribution in [0.5, 0.6) is 0 Å². The maximum absolute atomic E-state index is 12.0. The van der Waals surface area contributed by atoms with Crippen molar-refractivity contribution >= 4 is 15.9 Å². The molecule has 1 aromatic carbocycles. The lowest BCUT2D eigenvalue weighted by Crippen LogP contribution is -2.21. The number of imidazole rings is 1. The fourth-order valence-electron chi connectivity index (χ4n) is 2.32. The van der Waals surface area contributed by atoms with Gasteiger partial charge in [0, 0.05) is 18.1 Å². The molecule has 0 aliphatic carbocycles. The third-order valence-corrected chi connectivity index (χ3v) is 4.64. The van der Waals surface area contributed by atoms with E-state index in [-0.39, 0.29) is 16.4 Å². The van der Waals surface area contributed by atoms with Crippen LogP contribution in [0.3, 0.4) is 0 Å². The van der Waals surface area contributed by atoms with Crippen molar-refractivity contribution in [2.45, 2.75) is 24.7 Å². The monoisotopic (exact) mass is 291 g/mol. The van der Waals surface area contributed by atoms with Gasteiger partial charge >= 0.3 is 0 Å². The molecule has 0 spiro atoms. The number of carbonyl (C=O) groups excluding carboxylic acids is 1. The number of amides is 1. The summed E-state index contributed by atoms with van der Waals surface area (Å²) in [5.41, 5.74) is 1.64. The molecule has 0 bridgehead atoms. The molecule has 2 aromatic rings. The van der Waals surface area contributed by atoms with Gasteiger partial charge in [0.15, 0.2) is 0 Å². The van der Waals surface area contributed by atoms with Gasteiger partial charge in [0.25, 0.3) is 15.9 Å². The average Bonchev–Trinajstić information content (AvgIpc) is 2.96. The molecule has 0 saturated heterocycles. The number of carbonyl (C=O) groups is 1. The van der Waals surface area contributed by atoms with Gasteiger partial charge in [0.05, 0.1) is 11.9 Å². The summed E-state index contributed by atoms with van der Waals surface area (Å²) in [5.74, 6) is -0.521. The van der Waals surface area contributed by atoms with Crippen molar-refractivity contribution in [1.82, 2.24) is 14.3 Å². The number of hydrogen-bond acceptors (Lipinski definition) is 4. The molecule has 3 rings (SSSR count). The molecule has 2 heterocycles. The number of rotatable bonds is 2. The fourth-order valence-corrected chi connectivity index (χ4v) is 3.53. The minimum Gasteiger partial charge on any atom is -0.306 e. The Morgan fingerprint density at radius 3 is 2.65 bits per heavy atom. The predicted molar refractivity (Wildman–Crippen MR) is 72.3 cm³/mol. The van der Waals surface area contributed by atoms with Crippen LogP contribution in [0, 0.1) is 0 Å². The first-order valence-electron chi connectivity index (χ1n) is 6.13. The predicted octanol–water partition coefficient (Wildman–Crippen LogP) is 1.43. The Morgan fingerprint density at radius 2 is 2.05 bits per heavy atom. The van der Waals surface area contributed by atoms with Crippen molar-refractivity contribution in [1.29, 1.82) is 0 Å². The van der Waals surface area contributed by atoms with Gasteiger partial charge in [-0.15, -0.1) is 0 Å². The zero-order valence-corrected chi connectivity index (χ0v) is 11.8. The number of nitrogens with one attached hydrogen (secondary N) is 1. The van der Waals surface area contributed by atoms with E-state index in [1.165, 1.54) is 6.07 Å². The first-order chi connectivity index (χ1) is 9.40. The standard InChI is InChI=1S/C13H13N3O3S/c1-8(2)10-5-9(16-4-3-14-7-16)6-11-12(10)13(17)15-20(11,18)19/h3-8H,1-2H3,(H,15,17). The zero-order chi connectivity index (χ0) is 14.5. The highest BCUT2D eigenvalue weighted by molar-refractivity contribution is 7.90. The van der Waals surface area contributed by atoms with Gasteiger partial charge in [-0.25, -0.2) is 18.1 Å². The molecule has 1 aromatic heterocycles. The van der Waals surface area contributed by atoms with Gasteiger partial charge in [0.1, 0.15) is 4.90 Å². The Bertz CT molecular complexity index is 793. The molecule has 1 aliphatic rings. The van der Waals surface area contributed by atoms with E-state index in [9.17, 15) is 13.2 Å². The highest BCUT2D eigenvalue weighted by Crippen LogP contribution is 2.32. The van der Waals surface area contributed by atoms with Crippen LogP contribution in [0.15, 0.2) is 35.7 Å². The Morgan fingerprint density at radius 1 is 1.30 bits per heavy atom. The first kappa shape index (κ1) is 12.9.